The normalized spacial score (nSPS) is 12.8. The number of hydrogen-bond acceptors (Lipinski definition) is 4. The molecule has 124 valence electrons. The average Bonchev–Trinajstić information content (AvgIpc) is 2.36. The van der Waals surface area contributed by atoms with Crippen molar-refractivity contribution in [3.05, 3.63) is 0 Å². The summed E-state index contributed by atoms with van der Waals surface area (Å²) in [5, 5.41) is 8.93. The Hall–Kier alpha value is -1.50. The van der Waals surface area contributed by atoms with E-state index in [9.17, 15) is 4.79 Å². The fourth-order valence-electron chi connectivity index (χ4n) is 1.25. The van der Waals surface area contributed by atoms with E-state index >= 15 is 0 Å². The van der Waals surface area contributed by atoms with Crippen LogP contribution in [0.2, 0.25) is 0 Å². The third-order valence-corrected chi connectivity index (χ3v) is 2.54. The van der Waals surface area contributed by atoms with E-state index < -0.39 is 11.7 Å². The molecule has 21 heavy (non-hydrogen) atoms. The number of guanidine groups is 1. The molecule has 0 bridgehead atoms. The number of ether oxygens (including phenoxy) is 2. The second-order valence-corrected chi connectivity index (χ2v) is 6.25. The third kappa shape index (κ3) is 10.9. The predicted molar refractivity (Wildman–Crippen MR) is 84.7 cm³/mol. The van der Waals surface area contributed by atoms with E-state index in [1.807, 2.05) is 34.6 Å². The second kappa shape index (κ2) is 8.71. The molecule has 0 aromatic rings. The Morgan fingerprint density at radius 1 is 1.05 bits per heavy atom. The first-order valence-electron chi connectivity index (χ1n) is 7.06. The molecule has 0 atom stereocenters. The summed E-state index contributed by atoms with van der Waals surface area (Å²) >= 11 is 0. The number of aliphatic imine (C=N–C) groups is 1. The van der Waals surface area contributed by atoms with Gasteiger partial charge < -0.3 is 25.4 Å². The molecule has 0 fully saturated rings. The first-order chi connectivity index (χ1) is 9.59. The molecule has 7 nitrogen and oxygen atoms in total. The summed E-state index contributed by atoms with van der Waals surface area (Å²) in [5.74, 6) is 0.658. The van der Waals surface area contributed by atoms with Crippen molar-refractivity contribution < 1.29 is 14.3 Å². The predicted octanol–water partition coefficient (Wildman–Crippen LogP) is 1.10. The minimum absolute atomic E-state index is 0.271. The minimum atomic E-state index is -0.485. The summed E-state index contributed by atoms with van der Waals surface area (Å²) in [6.45, 7) is 11.1. The maximum Gasteiger partial charge on any atom is 0.407 e. The quantitative estimate of drug-likeness (QED) is 0.389. The topological polar surface area (TPSA) is 84.0 Å². The van der Waals surface area contributed by atoms with Gasteiger partial charge in [0.05, 0.1) is 5.60 Å². The van der Waals surface area contributed by atoms with Gasteiger partial charge in [-0.3, -0.25) is 4.99 Å². The van der Waals surface area contributed by atoms with Gasteiger partial charge in [-0.2, -0.15) is 0 Å². The molecule has 0 rings (SSSR count). The van der Waals surface area contributed by atoms with Crippen molar-refractivity contribution in [3.63, 3.8) is 0 Å². The number of nitrogens with one attached hydrogen (secondary N) is 3. The molecule has 0 aliphatic rings. The van der Waals surface area contributed by atoms with Crippen LogP contribution < -0.4 is 16.0 Å². The molecule has 0 aliphatic heterocycles. The lowest BCUT2D eigenvalue weighted by Crippen LogP contribution is -2.47. The molecule has 0 unspecified atom stereocenters. The Balaban J connectivity index is 3.91. The molecule has 7 heteroatoms. The van der Waals surface area contributed by atoms with Crippen LogP contribution in [0.15, 0.2) is 4.99 Å². The number of hydrogen-bond donors (Lipinski definition) is 3. The lowest BCUT2D eigenvalue weighted by Gasteiger charge is -2.24. The highest BCUT2D eigenvalue weighted by Gasteiger charge is 2.17. The number of nitrogens with zero attached hydrogens (tertiary/aromatic N) is 1. The van der Waals surface area contributed by atoms with Gasteiger partial charge in [0.15, 0.2) is 5.96 Å². The van der Waals surface area contributed by atoms with Gasteiger partial charge in [-0.1, -0.05) is 0 Å². The zero-order valence-corrected chi connectivity index (χ0v) is 14.3. The third-order valence-electron chi connectivity index (χ3n) is 2.54. The summed E-state index contributed by atoms with van der Waals surface area (Å²) in [4.78, 5) is 15.5. The van der Waals surface area contributed by atoms with Crippen molar-refractivity contribution in [2.24, 2.45) is 4.99 Å². The van der Waals surface area contributed by atoms with E-state index in [0.717, 1.165) is 0 Å². The maximum atomic E-state index is 11.4. The summed E-state index contributed by atoms with van der Waals surface area (Å²) < 4.78 is 10.5. The molecule has 0 saturated heterocycles. The van der Waals surface area contributed by atoms with E-state index in [-0.39, 0.29) is 5.60 Å². The van der Waals surface area contributed by atoms with Crippen LogP contribution in [0.25, 0.3) is 0 Å². The molecule has 3 N–H and O–H groups in total. The van der Waals surface area contributed by atoms with Gasteiger partial charge in [-0.05, 0) is 34.6 Å². The largest absolute Gasteiger partial charge is 0.444 e. The zero-order chi connectivity index (χ0) is 16.5. The van der Waals surface area contributed by atoms with E-state index in [4.69, 9.17) is 9.47 Å². The smallest absolute Gasteiger partial charge is 0.407 e. The summed E-state index contributed by atoms with van der Waals surface area (Å²) in [6, 6.07) is 0. The second-order valence-electron chi connectivity index (χ2n) is 6.25. The van der Waals surface area contributed by atoms with Gasteiger partial charge in [0, 0.05) is 33.8 Å². The first kappa shape index (κ1) is 19.5. The van der Waals surface area contributed by atoms with Gasteiger partial charge in [-0.25, -0.2) is 4.79 Å². The van der Waals surface area contributed by atoms with Crippen LogP contribution >= 0.6 is 0 Å². The number of amides is 1. The van der Waals surface area contributed by atoms with Crippen molar-refractivity contribution in [2.45, 2.75) is 45.8 Å². The zero-order valence-electron chi connectivity index (χ0n) is 14.3. The van der Waals surface area contributed by atoms with Crippen LogP contribution in [0.5, 0.6) is 0 Å². The van der Waals surface area contributed by atoms with Crippen LogP contribution in [-0.4, -0.2) is 57.0 Å². The fourth-order valence-corrected chi connectivity index (χ4v) is 1.25. The minimum Gasteiger partial charge on any atom is -0.444 e. The Bertz CT molecular complexity index is 349. The monoisotopic (exact) mass is 302 g/mol. The number of carbonyl (C=O) groups excluding carboxylic acids is 1. The Morgan fingerprint density at radius 2 is 1.62 bits per heavy atom. The van der Waals surface area contributed by atoms with E-state index in [2.05, 4.69) is 20.9 Å². The van der Waals surface area contributed by atoms with Crippen molar-refractivity contribution in [1.29, 1.82) is 0 Å². The molecular formula is C14H30N4O3. The molecule has 0 heterocycles. The highest BCUT2D eigenvalue weighted by Crippen LogP contribution is 2.06. The van der Waals surface area contributed by atoms with Crippen molar-refractivity contribution >= 4 is 12.1 Å². The Morgan fingerprint density at radius 3 is 2.10 bits per heavy atom. The number of methoxy groups -OCH3 is 1. The lowest BCUT2D eigenvalue weighted by molar-refractivity contribution is 0.0268. The summed E-state index contributed by atoms with van der Waals surface area (Å²) in [7, 11) is 3.36. The molecule has 0 spiro atoms. The SMILES string of the molecule is CN=C(NCCNC(=O)OC(C)(C)C)NCC(C)(C)OC. The lowest BCUT2D eigenvalue weighted by atomic mass is 10.1. The number of carbonyl (C=O) groups is 1. The highest BCUT2D eigenvalue weighted by molar-refractivity contribution is 5.79. The molecule has 0 radical (unpaired) electrons. The van der Waals surface area contributed by atoms with Crippen molar-refractivity contribution in [1.82, 2.24) is 16.0 Å². The van der Waals surface area contributed by atoms with Crippen LogP contribution in [0.3, 0.4) is 0 Å². The van der Waals surface area contributed by atoms with Gasteiger partial charge in [0.1, 0.15) is 5.60 Å². The standard InChI is InChI=1S/C14H30N4O3/c1-13(2,3)21-12(19)17-9-8-16-11(15-6)18-10-14(4,5)20-7/h8-10H2,1-7H3,(H,17,19)(H2,15,16,18). The average molecular weight is 302 g/mol. The first-order valence-corrected chi connectivity index (χ1v) is 7.06. The van der Waals surface area contributed by atoms with Crippen LogP contribution in [0, 0.1) is 0 Å². The molecular weight excluding hydrogens is 272 g/mol. The Labute approximate surface area is 127 Å². The van der Waals surface area contributed by atoms with E-state index in [1.54, 1.807) is 14.2 Å². The van der Waals surface area contributed by atoms with Crippen molar-refractivity contribution in [3.8, 4) is 0 Å². The molecule has 1 amide bonds. The number of alkyl carbamates (subject to hydrolysis) is 1. The van der Waals surface area contributed by atoms with Gasteiger partial charge in [0.2, 0.25) is 0 Å². The summed E-state index contributed by atoms with van der Waals surface area (Å²) in [5.41, 5.74) is -0.757. The molecule has 0 aliphatic carbocycles. The van der Waals surface area contributed by atoms with Gasteiger partial charge in [-0.15, -0.1) is 0 Å². The van der Waals surface area contributed by atoms with Gasteiger partial charge >= 0.3 is 6.09 Å². The van der Waals surface area contributed by atoms with Crippen molar-refractivity contribution in [2.75, 3.05) is 33.8 Å². The molecule has 0 aromatic heterocycles. The number of rotatable bonds is 6. The van der Waals surface area contributed by atoms with Crippen LogP contribution in [-0.2, 0) is 9.47 Å². The fraction of sp³-hybridized carbons (Fsp3) is 0.857. The molecule has 0 aromatic carbocycles. The van der Waals surface area contributed by atoms with E-state index in [1.165, 1.54) is 0 Å². The maximum absolute atomic E-state index is 11.4. The van der Waals surface area contributed by atoms with Gasteiger partial charge in [0.25, 0.3) is 0 Å². The highest BCUT2D eigenvalue weighted by atomic mass is 16.6. The van der Waals surface area contributed by atoms with E-state index in [0.29, 0.717) is 25.6 Å². The molecule has 0 saturated carbocycles. The van der Waals surface area contributed by atoms with Crippen LogP contribution in [0.1, 0.15) is 34.6 Å². The summed E-state index contributed by atoms with van der Waals surface area (Å²) in [6.07, 6.45) is -0.423. The Kier molecular flexibility index (Phi) is 8.09. The van der Waals surface area contributed by atoms with Crippen LogP contribution in [0.4, 0.5) is 4.79 Å².